The zero-order valence-corrected chi connectivity index (χ0v) is 18.1. The number of nitrogens with one attached hydrogen (secondary N) is 1. The maximum Gasteiger partial charge on any atom is 0.407 e. The van der Waals surface area contributed by atoms with Crippen LogP contribution in [0.2, 0.25) is 0 Å². The average molecular weight is 474 g/mol. The van der Waals surface area contributed by atoms with Gasteiger partial charge in [0.05, 0.1) is 12.5 Å². The lowest BCUT2D eigenvalue weighted by molar-refractivity contribution is -0.148. The SMILES string of the molecule is O=C(NC(CC(=O)N1C[C@@H](O)C[C@H]1C(=O)O)C(F)F)OCC1c2ccccc2-c2ccccc21. The minimum absolute atomic E-state index is 0.0802. The number of β-amino-alcohol motifs (C(OH)–C–C–N with tert-alkyl or cyclic N) is 1. The van der Waals surface area contributed by atoms with Crippen LogP contribution in [0, 0.1) is 0 Å². The summed E-state index contributed by atoms with van der Waals surface area (Å²) in [4.78, 5) is 37.0. The number of aliphatic hydroxyl groups excluding tert-OH is 1. The number of alkyl carbamates (subject to hydrolysis) is 1. The highest BCUT2D eigenvalue weighted by molar-refractivity contribution is 5.85. The fraction of sp³-hybridized carbons (Fsp3) is 0.375. The molecule has 1 fully saturated rings. The highest BCUT2D eigenvalue weighted by atomic mass is 19.3. The molecule has 180 valence electrons. The summed E-state index contributed by atoms with van der Waals surface area (Å²) in [6.45, 7) is -0.347. The number of carboxylic acid groups (broad SMARTS) is 1. The molecule has 3 N–H and O–H groups in total. The van der Waals surface area contributed by atoms with Gasteiger partial charge < -0.3 is 25.2 Å². The number of halogens is 2. The van der Waals surface area contributed by atoms with Crippen LogP contribution in [0.15, 0.2) is 48.5 Å². The Morgan fingerprint density at radius 2 is 1.65 bits per heavy atom. The summed E-state index contributed by atoms with van der Waals surface area (Å²) in [6.07, 6.45) is -6.24. The molecule has 1 saturated heterocycles. The minimum Gasteiger partial charge on any atom is -0.480 e. The summed E-state index contributed by atoms with van der Waals surface area (Å²) >= 11 is 0. The smallest absolute Gasteiger partial charge is 0.407 e. The number of amides is 2. The largest absolute Gasteiger partial charge is 0.480 e. The molecule has 0 spiro atoms. The quantitative estimate of drug-likeness (QED) is 0.568. The molecule has 0 bridgehead atoms. The number of likely N-dealkylation sites (tertiary alicyclic amines) is 1. The Morgan fingerprint density at radius 3 is 2.21 bits per heavy atom. The van der Waals surface area contributed by atoms with Gasteiger partial charge in [0.25, 0.3) is 6.43 Å². The number of carbonyl (C=O) groups excluding carboxylic acids is 2. The number of hydrogen-bond donors (Lipinski definition) is 3. The molecule has 2 amide bonds. The molecule has 0 saturated carbocycles. The minimum atomic E-state index is -3.08. The van der Waals surface area contributed by atoms with Gasteiger partial charge >= 0.3 is 12.1 Å². The number of fused-ring (bicyclic) bond motifs is 3. The van der Waals surface area contributed by atoms with E-state index in [-0.39, 0.29) is 25.5 Å². The van der Waals surface area contributed by atoms with Crippen LogP contribution in [0.25, 0.3) is 11.1 Å². The summed E-state index contributed by atoms with van der Waals surface area (Å²) in [5.74, 6) is -2.48. The van der Waals surface area contributed by atoms with Crippen LogP contribution in [-0.4, -0.2) is 70.8 Å². The van der Waals surface area contributed by atoms with E-state index in [1.807, 2.05) is 53.8 Å². The predicted octanol–water partition coefficient (Wildman–Crippen LogP) is 2.60. The monoisotopic (exact) mass is 474 g/mol. The van der Waals surface area contributed by atoms with E-state index in [9.17, 15) is 33.4 Å². The molecular formula is C24H24F2N2O6. The maximum atomic E-state index is 13.6. The number of benzene rings is 2. The van der Waals surface area contributed by atoms with E-state index in [0.717, 1.165) is 27.2 Å². The van der Waals surface area contributed by atoms with Gasteiger partial charge in [0.2, 0.25) is 5.91 Å². The third-order valence-electron chi connectivity index (χ3n) is 6.23. The Morgan fingerprint density at radius 1 is 1.06 bits per heavy atom. The molecule has 2 aromatic rings. The zero-order valence-electron chi connectivity index (χ0n) is 18.1. The van der Waals surface area contributed by atoms with E-state index >= 15 is 0 Å². The number of nitrogens with zero attached hydrogens (tertiary/aromatic N) is 1. The lowest BCUT2D eigenvalue weighted by Crippen LogP contribution is -2.47. The van der Waals surface area contributed by atoms with E-state index in [4.69, 9.17) is 4.74 Å². The van der Waals surface area contributed by atoms with Gasteiger partial charge in [-0.2, -0.15) is 0 Å². The second-order valence-corrected chi connectivity index (χ2v) is 8.40. The van der Waals surface area contributed by atoms with Gasteiger partial charge in [-0.15, -0.1) is 0 Å². The Balaban J connectivity index is 1.39. The summed E-state index contributed by atoms with van der Waals surface area (Å²) < 4.78 is 32.4. The van der Waals surface area contributed by atoms with Gasteiger partial charge in [0.15, 0.2) is 0 Å². The number of carboxylic acids is 1. The summed E-state index contributed by atoms with van der Waals surface area (Å²) in [5.41, 5.74) is 3.96. The molecule has 8 nitrogen and oxygen atoms in total. The van der Waals surface area contributed by atoms with Crippen LogP contribution in [0.5, 0.6) is 0 Å². The van der Waals surface area contributed by atoms with Gasteiger partial charge in [0.1, 0.15) is 18.7 Å². The molecule has 1 aliphatic heterocycles. The molecule has 3 atom stereocenters. The molecule has 2 aliphatic rings. The average Bonchev–Trinajstić information content (AvgIpc) is 3.35. The fourth-order valence-corrected chi connectivity index (χ4v) is 4.62. The van der Waals surface area contributed by atoms with Crippen molar-refractivity contribution >= 4 is 18.0 Å². The van der Waals surface area contributed by atoms with Crippen molar-refractivity contribution in [1.82, 2.24) is 10.2 Å². The standard InChI is InChI=1S/C24H24F2N2O6/c25-22(26)19(10-21(30)28-11-13(29)9-20(28)23(31)32)27-24(33)34-12-18-16-7-3-1-5-14(16)15-6-2-4-8-17(15)18/h1-8,13,18-20,22,29H,9-12H2,(H,27,33)(H,31,32)/t13-,19?,20-/m0/s1. The number of ether oxygens (including phenoxy) is 1. The van der Waals surface area contributed by atoms with Crippen LogP contribution >= 0.6 is 0 Å². The summed E-state index contributed by atoms with van der Waals surface area (Å²) in [5, 5.41) is 20.9. The van der Waals surface area contributed by atoms with Crippen molar-refractivity contribution in [3.8, 4) is 11.1 Å². The molecule has 2 aromatic carbocycles. The predicted molar refractivity (Wildman–Crippen MR) is 116 cm³/mol. The molecule has 0 radical (unpaired) electrons. The van der Waals surface area contributed by atoms with Crippen LogP contribution in [-0.2, 0) is 14.3 Å². The van der Waals surface area contributed by atoms with Crippen molar-refractivity contribution in [2.45, 2.75) is 43.4 Å². The van der Waals surface area contributed by atoms with Crippen LogP contribution in [0.3, 0.4) is 0 Å². The van der Waals surface area contributed by atoms with Gasteiger partial charge in [0, 0.05) is 18.9 Å². The van der Waals surface area contributed by atoms with Crippen molar-refractivity contribution in [2.75, 3.05) is 13.2 Å². The van der Waals surface area contributed by atoms with Crippen molar-refractivity contribution < 1.29 is 38.1 Å². The third-order valence-corrected chi connectivity index (χ3v) is 6.23. The number of alkyl halides is 2. The first-order chi connectivity index (χ1) is 16.3. The van der Waals surface area contributed by atoms with E-state index in [2.05, 4.69) is 0 Å². The Bertz CT molecular complexity index is 1050. The molecule has 4 rings (SSSR count). The first-order valence-electron chi connectivity index (χ1n) is 10.9. The number of hydrogen-bond acceptors (Lipinski definition) is 5. The molecule has 34 heavy (non-hydrogen) atoms. The molecule has 0 aromatic heterocycles. The second-order valence-electron chi connectivity index (χ2n) is 8.40. The summed E-state index contributed by atoms with van der Waals surface area (Å²) in [7, 11) is 0. The molecular weight excluding hydrogens is 450 g/mol. The van der Waals surface area contributed by atoms with Gasteiger partial charge in [-0.05, 0) is 22.3 Å². The van der Waals surface area contributed by atoms with Crippen molar-refractivity contribution in [3.05, 3.63) is 59.7 Å². The third kappa shape index (κ3) is 4.72. The highest BCUT2D eigenvalue weighted by Gasteiger charge is 2.40. The lowest BCUT2D eigenvalue weighted by atomic mass is 9.98. The number of aliphatic carboxylic acids is 1. The number of carbonyl (C=O) groups is 3. The van der Waals surface area contributed by atoms with E-state index in [0.29, 0.717) is 0 Å². The van der Waals surface area contributed by atoms with Crippen molar-refractivity contribution in [1.29, 1.82) is 0 Å². The van der Waals surface area contributed by atoms with Gasteiger partial charge in [-0.3, -0.25) is 4.79 Å². The van der Waals surface area contributed by atoms with Crippen LogP contribution in [0.4, 0.5) is 13.6 Å². The Kier molecular flexibility index (Phi) is 6.78. The summed E-state index contributed by atoms with van der Waals surface area (Å²) in [6, 6.07) is 12.2. The first kappa shape index (κ1) is 23.6. The molecule has 1 unspecified atom stereocenters. The normalized spacial score (nSPS) is 20.1. The van der Waals surface area contributed by atoms with Crippen LogP contribution in [0.1, 0.15) is 29.9 Å². The number of rotatable bonds is 7. The van der Waals surface area contributed by atoms with Crippen molar-refractivity contribution in [3.63, 3.8) is 0 Å². The molecule has 1 aliphatic carbocycles. The molecule has 10 heteroatoms. The van der Waals surface area contributed by atoms with Crippen LogP contribution < -0.4 is 5.32 Å². The zero-order chi connectivity index (χ0) is 24.4. The number of aliphatic hydroxyl groups is 1. The fourth-order valence-electron chi connectivity index (χ4n) is 4.62. The maximum absolute atomic E-state index is 13.6. The molecule has 1 heterocycles. The van der Waals surface area contributed by atoms with Gasteiger partial charge in [-0.25, -0.2) is 18.4 Å². The highest BCUT2D eigenvalue weighted by Crippen LogP contribution is 2.44. The second kappa shape index (κ2) is 9.76. The topological polar surface area (TPSA) is 116 Å². The Hall–Kier alpha value is -3.53. The van der Waals surface area contributed by atoms with Crippen molar-refractivity contribution in [2.24, 2.45) is 0 Å². The lowest BCUT2D eigenvalue weighted by Gasteiger charge is -2.24. The first-order valence-corrected chi connectivity index (χ1v) is 10.9. The van der Waals surface area contributed by atoms with E-state index in [1.165, 1.54) is 0 Å². The van der Waals surface area contributed by atoms with E-state index < -0.39 is 49.0 Å². The van der Waals surface area contributed by atoms with Gasteiger partial charge in [-0.1, -0.05) is 48.5 Å². The Labute approximate surface area is 194 Å². The van der Waals surface area contributed by atoms with E-state index in [1.54, 1.807) is 0 Å².